The minimum Gasteiger partial charge on any atom is -0.389 e. The first-order chi connectivity index (χ1) is 9.41. The number of likely N-dealkylation sites (N-methyl/N-ethyl adjacent to an activating group) is 1. The van der Waals surface area contributed by atoms with Gasteiger partial charge in [-0.2, -0.15) is 4.31 Å². The third kappa shape index (κ3) is 4.53. The van der Waals surface area contributed by atoms with Gasteiger partial charge in [0.2, 0.25) is 10.0 Å². The zero-order valence-corrected chi connectivity index (χ0v) is 12.9. The lowest BCUT2D eigenvalue weighted by atomic mass is 10.2. The van der Waals surface area contributed by atoms with Gasteiger partial charge in [-0.15, -0.1) is 0 Å². The van der Waals surface area contributed by atoms with Crippen LogP contribution in [0.25, 0.3) is 0 Å². The van der Waals surface area contributed by atoms with E-state index in [9.17, 15) is 13.5 Å². The minimum atomic E-state index is -3.59. The molecule has 0 heterocycles. The van der Waals surface area contributed by atoms with Crippen molar-refractivity contribution >= 4 is 10.0 Å². The van der Waals surface area contributed by atoms with E-state index < -0.39 is 16.1 Å². The maximum absolute atomic E-state index is 12.3. The van der Waals surface area contributed by atoms with Crippen molar-refractivity contribution in [1.29, 1.82) is 0 Å². The van der Waals surface area contributed by atoms with Crippen molar-refractivity contribution in [3.8, 4) is 0 Å². The van der Waals surface area contributed by atoms with Gasteiger partial charge in [-0.1, -0.05) is 12.1 Å². The molecule has 0 amide bonds. The molecule has 0 aliphatic rings. The van der Waals surface area contributed by atoms with Gasteiger partial charge in [0, 0.05) is 27.2 Å². The minimum absolute atomic E-state index is 0.00552. The van der Waals surface area contributed by atoms with Gasteiger partial charge in [-0.25, -0.2) is 8.42 Å². The summed E-state index contributed by atoms with van der Waals surface area (Å²) in [5.41, 5.74) is 1.01. The van der Waals surface area contributed by atoms with Crippen molar-refractivity contribution in [2.75, 3.05) is 34.4 Å². The highest BCUT2D eigenvalue weighted by atomic mass is 32.2. The third-order valence-electron chi connectivity index (χ3n) is 2.84. The standard InChI is InChI=1S/C13H22N2O4S/c1-14-8-11-4-6-13(7-5-11)20(17,18)15(2)9-12(16)10-19-3/h4-7,12,14,16H,8-10H2,1-3H3. The fourth-order valence-corrected chi connectivity index (χ4v) is 3.01. The molecular formula is C13H22N2O4S. The molecule has 1 rings (SSSR count). The average Bonchev–Trinajstić information content (AvgIpc) is 2.40. The van der Waals surface area contributed by atoms with Crippen LogP contribution in [-0.2, 0) is 21.3 Å². The fraction of sp³-hybridized carbons (Fsp3) is 0.538. The molecule has 0 saturated heterocycles. The van der Waals surface area contributed by atoms with E-state index in [0.717, 1.165) is 9.87 Å². The molecule has 1 aromatic carbocycles. The predicted octanol–water partition coefficient (Wildman–Crippen LogP) is 0.0338. The van der Waals surface area contributed by atoms with Crippen LogP contribution in [0.3, 0.4) is 0 Å². The van der Waals surface area contributed by atoms with Crippen LogP contribution in [0.5, 0.6) is 0 Å². The molecule has 0 fully saturated rings. The van der Waals surface area contributed by atoms with E-state index in [-0.39, 0.29) is 18.0 Å². The summed E-state index contributed by atoms with van der Waals surface area (Å²) in [5, 5.41) is 12.6. The summed E-state index contributed by atoms with van der Waals surface area (Å²) in [6.07, 6.45) is -0.844. The Morgan fingerprint density at radius 1 is 1.35 bits per heavy atom. The lowest BCUT2D eigenvalue weighted by Gasteiger charge is -2.20. The normalized spacial score (nSPS) is 13.7. The second-order valence-corrected chi connectivity index (χ2v) is 6.61. The Bertz CT molecular complexity index is 502. The first-order valence-corrected chi connectivity index (χ1v) is 7.72. The van der Waals surface area contributed by atoms with Crippen LogP contribution in [0.15, 0.2) is 29.2 Å². The fourth-order valence-electron chi connectivity index (χ4n) is 1.80. The molecule has 114 valence electrons. The molecule has 0 spiro atoms. The van der Waals surface area contributed by atoms with Crippen molar-refractivity contribution < 1.29 is 18.3 Å². The van der Waals surface area contributed by atoms with E-state index in [1.54, 1.807) is 24.3 Å². The molecule has 1 aromatic rings. The molecule has 0 aromatic heterocycles. The smallest absolute Gasteiger partial charge is 0.242 e. The molecule has 1 unspecified atom stereocenters. The Hall–Kier alpha value is -0.990. The van der Waals surface area contributed by atoms with Crippen molar-refractivity contribution in [3.05, 3.63) is 29.8 Å². The number of rotatable bonds is 8. The zero-order chi connectivity index (χ0) is 15.2. The topological polar surface area (TPSA) is 78.9 Å². The number of hydrogen-bond donors (Lipinski definition) is 2. The van der Waals surface area contributed by atoms with E-state index >= 15 is 0 Å². The molecule has 0 aliphatic carbocycles. The Kier molecular flexibility index (Phi) is 6.57. The molecule has 7 heteroatoms. The molecule has 6 nitrogen and oxygen atoms in total. The van der Waals surface area contributed by atoms with Gasteiger partial charge in [0.1, 0.15) is 0 Å². The van der Waals surface area contributed by atoms with Crippen molar-refractivity contribution in [3.63, 3.8) is 0 Å². The second kappa shape index (κ2) is 7.70. The van der Waals surface area contributed by atoms with E-state index in [2.05, 4.69) is 5.32 Å². The second-order valence-electron chi connectivity index (χ2n) is 4.57. The highest BCUT2D eigenvalue weighted by Crippen LogP contribution is 2.15. The van der Waals surface area contributed by atoms with Crippen molar-refractivity contribution in [2.45, 2.75) is 17.5 Å². The van der Waals surface area contributed by atoms with Gasteiger partial charge in [0.05, 0.1) is 17.6 Å². The van der Waals surface area contributed by atoms with E-state index in [1.165, 1.54) is 14.2 Å². The lowest BCUT2D eigenvalue weighted by Crippen LogP contribution is -2.36. The van der Waals surface area contributed by atoms with Crippen LogP contribution >= 0.6 is 0 Å². The van der Waals surface area contributed by atoms with Gasteiger partial charge >= 0.3 is 0 Å². The van der Waals surface area contributed by atoms with Gasteiger partial charge in [0.15, 0.2) is 0 Å². The third-order valence-corrected chi connectivity index (χ3v) is 4.68. The Morgan fingerprint density at radius 2 is 1.95 bits per heavy atom. The number of benzene rings is 1. The number of nitrogens with one attached hydrogen (secondary N) is 1. The summed E-state index contributed by atoms with van der Waals surface area (Å²) in [4.78, 5) is 0.212. The lowest BCUT2D eigenvalue weighted by molar-refractivity contribution is 0.0554. The van der Waals surface area contributed by atoms with Crippen molar-refractivity contribution in [2.24, 2.45) is 0 Å². The molecule has 2 N–H and O–H groups in total. The molecule has 20 heavy (non-hydrogen) atoms. The molecule has 0 saturated carbocycles. The quantitative estimate of drug-likeness (QED) is 0.708. The van der Waals surface area contributed by atoms with Crippen LogP contribution in [0.4, 0.5) is 0 Å². The van der Waals surface area contributed by atoms with Crippen LogP contribution in [-0.4, -0.2) is 58.3 Å². The van der Waals surface area contributed by atoms with E-state index in [0.29, 0.717) is 6.54 Å². The number of methoxy groups -OCH3 is 1. The van der Waals surface area contributed by atoms with Crippen LogP contribution in [0, 0.1) is 0 Å². The molecule has 0 bridgehead atoms. The highest BCUT2D eigenvalue weighted by molar-refractivity contribution is 7.89. The summed E-state index contributed by atoms with van der Waals surface area (Å²) in [6, 6.07) is 6.67. The van der Waals surface area contributed by atoms with Crippen LogP contribution in [0.2, 0.25) is 0 Å². The zero-order valence-electron chi connectivity index (χ0n) is 12.0. The van der Waals surface area contributed by atoms with Gasteiger partial charge in [-0.3, -0.25) is 0 Å². The number of hydrogen-bond acceptors (Lipinski definition) is 5. The summed E-state index contributed by atoms with van der Waals surface area (Å²) < 4.78 is 30.5. The monoisotopic (exact) mass is 302 g/mol. The Balaban J connectivity index is 2.81. The Labute approximate surface area is 120 Å². The summed E-state index contributed by atoms with van der Waals surface area (Å²) in [7, 11) is 1.14. The van der Waals surface area contributed by atoms with E-state index in [4.69, 9.17) is 4.74 Å². The predicted molar refractivity (Wildman–Crippen MR) is 76.9 cm³/mol. The van der Waals surface area contributed by atoms with Crippen molar-refractivity contribution in [1.82, 2.24) is 9.62 Å². The maximum Gasteiger partial charge on any atom is 0.242 e. The largest absolute Gasteiger partial charge is 0.389 e. The summed E-state index contributed by atoms with van der Waals surface area (Å²) >= 11 is 0. The molecule has 1 atom stereocenters. The SMILES string of the molecule is CNCc1ccc(S(=O)(=O)N(C)CC(O)COC)cc1. The number of sulfonamides is 1. The van der Waals surface area contributed by atoms with Crippen LogP contribution < -0.4 is 5.32 Å². The summed E-state index contributed by atoms with van der Waals surface area (Å²) in [5.74, 6) is 0. The molecule has 0 aliphatic heterocycles. The number of aliphatic hydroxyl groups is 1. The molecule has 0 radical (unpaired) electrons. The maximum atomic E-state index is 12.3. The highest BCUT2D eigenvalue weighted by Gasteiger charge is 2.22. The number of nitrogens with zero attached hydrogens (tertiary/aromatic N) is 1. The van der Waals surface area contributed by atoms with Gasteiger partial charge in [0.25, 0.3) is 0 Å². The summed E-state index contributed by atoms with van der Waals surface area (Å²) in [6.45, 7) is 0.776. The molecular weight excluding hydrogens is 280 g/mol. The Morgan fingerprint density at radius 3 is 2.45 bits per heavy atom. The van der Waals surface area contributed by atoms with Gasteiger partial charge < -0.3 is 15.2 Å². The van der Waals surface area contributed by atoms with Gasteiger partial charge in [-0.05, 0) is 24.7 Å². The van der Waals surface area contributed by atoms with Crippen LogP contribution in [0.1, 0.15) is 5.56 Å². The first kappa shape index (κ1) is 17.1. The number of aliphatic hydroxyl groups excluding tert-OH is 1. The number of ether oxygens (including phenoxy) is 1. The first-order valence-electron chi connectivity index (χ1n) is 6.28. The van der Waals surface area contributed by atoms with E-state index in [1.807, 2.05) is 7.05 Å². The average molecular weight is 302 g/mol.